The van der Waals surface area contributed by atoms with Crippen LogP contribution in [0.3, 0.4) is 0 Å². The number of rotatable bonds is 3. The Labute approximate surface area is 160 Å². The van der Waals surface area contributed by atoms with E-state index in [0.29, 0.717) is 16.4 Å². The van der Waals surface area contributed by atoms with Gasteiger partial charge in [-0.3, -0.25) is 4.68 Å². The van der Waals surface area contributed by atoms with Gasteiger partial charge in [0.25, 0.3) is 0 Å². The Balaban J connectivity index is 1.51. The maximum absolute atomic E-state index is 14.7. The Hall–Kier alpha value is -2.80. The van der Waals surface area contributed by atoms with Crippen molar-refractivity contribution in [2.75, 3.05) is 18.0 Å². The average Bonchev–Trinajstić information content (AvgIpc) is 3.41. The van der Waals surface area contributed by atoms with Crippen molar-refractivity contribution in [3.05, 3.63) is 48.7 Å². The molecule has 0 amide bonds. The van der Waals surface area contributed by atoms with Crippen molar-refractivity contribution in [1.82, 2.24) is 19.7 Å². The standard InChI is InChI=1S/C20H18FN5S/c1-25-12-14(11-22-25)13-4-6-17-16(10-13)23-20(27-17)15-5-7-18(24-19(15)21)26-8-2-3-9-26/h4-7,10-12H,2-3,8-9H2,1H3. The lowest BCUT2D eigenvalue weighted by molar-refractivity contribution is 0.586. The van der Waals surface area contributed by atoms with Crippen LogP contribution in [-0.4, -0.2) is 32.8 Å². The number of anilines is 1. The van der Waals surface area contributed by atoms with Gasteiger partial charge >= 0.3 is 0 Å². The van der Waals surface area contributed by atoms with E-state index < -0.39 is 5.95 Å². The summed E-state index contributed by atoms with van der Waals surface area (Å²) in [6, 6.07) is 9.80. The molecule has 4 aromatic rings. The molecule has 0 aliphatic carbocycles. The van der Waals surface area contributed by atoms with Crippen LogP contribution in [0.1, 0.15) is 12.8 Å². The lowest BCUT2D eigenvalue weighted by atomic mass is 10.1. The van der Waals surface area contributed by atoms with Gasteiger partial charge in [0.15, 0.2) is 0 Å². The Morgan fingerprint density at radius 3 is 2.63 bits per heavy atom. The topological polar surface area (TPSA) is 46.8 Å². The van der Waals surface area contributed by atoms with Gasteiger partial charge in [-0.25, -0.2) is 9.97 Å². The quantitative estimate of drug-likeness (QED) is 0.492. The van der Waals surface area contributed by atoms with Crippen LogP contribution in [0.4, 0.5) is 10.2 Å². The number of hydrogen-bond acceptors (Lipinski definition) is 5. The van der Waals surface area contributed by atoms with Gasteiger partial charge in [-0.15, -0.1) is 11.3 Å². The first-order valence-corrected chi connectivity index (χ1v) is 9.80. The fourth-order valence-electron chi connectivity index (χ4n) is 3.50. The molecule has 1 aromatic carbocycles. The van der Waals surface area contributed by atoms with Crippen molar-refractivity contribution < 1.29 is 4.39 Å². The normalized spacial score (nSPS) is 14.4. The molecule has 136 valence electrons. The van der Waals surface area contributed by atoms with Gasteiger partial charge < -0.3 is 4.90 Å². The van der Waals surface area contributed by atoms with E-state index in [1.54, 1.807) is 10.7 Å². The van der Waals surface area contributed by atoms with Gasteiger partial charge in [-0.2, -0.15) is 9.49 Å². The van der Waals surface area contributed by atoms with Gasteiger partial charge in [0.1, 0.15) is 10.8 Å². The van der Waals surface area contributed by atoms with Crippen molar-refractivity contribution in [2.45, 2.75) is 12.8 Å². The van der Waals surface area contributed by atoms with E-state index >= 15 is 0 Å². The van der Waals surface area contributed by atoms with E-state index in [-0.39, 0.29) is 0 Å². The molecule has 5 nitrogen and oxygen atoms in total. The van der Waals surface area contributed by atoms with Crippen molar-refractivity contribution in [3.63, 3.8) is 0 Å². The fourth-order valence-corrected chi connectivity index (χ4v) is 4.46. The van der Waals surface area contributed by atoms with Crippen LogP contribution in [0.25, 0.3) is 31.9 Å². The summed E-state index contributed by atoms with van der Waals surface area (Å²) in [4.78, 5) is 11.0. The SMILES string of the molecule is Cn1cc(-c2ccc3sc(-c4ccc(N5CCCC5)nc4F)nc3c2)cn1. The lowest BCUT2D eigenvalue weighted by Crippen LogP contribution is -2.19. The third-order valence-corrected chi connectivity index (χ3v) is 5.99. The second kappa shape index (κ2) is 6.42. The Morgan fingerprint density at radius 1 is 1.04 bits per heavy atom. The van der Waals surface area contributed by atoms with Gasteiger partial charge in [0.05, 0.1) is 22.0 Å². The monoisotopic (exact) mass is 379 g/mol. The highest BCUT2D eigenvalue weighted by Gasteiger charge is 2.18. The van der Waals surface area contributed by atoms with Crippen LogP contribution in [0.2, 0.25) is 0 Å². The van der Waals surface area contributed by atoms with Crippen molar-refractivity contribution >= 4 is 27.4 Å². The molecule has 3 aromatic heterocycles. The fraction of sp³-hybridized carbons (Fsp3) is 0.250. The first-order valence-electron chi connectivity index (χ1n) is 8.99. The largest absolute Gasteiger partial charge is 0.357 e. The first-order chi connectivity index (χ1) is 13.2. The van der Waals surface area contributed by atoms with Crippen LogP contribution in [-0.2, 0) is 7.05 Å². The Kier molecular flexibility index (Phi) is 3.89. The average molecular weight is 379 g/mol. The predicted octanol–water partition coefficient (Wildman–Crippen LogP) is 4.50. The number of nitrogens with zero attached hydrogens (tertiary/aromatic N) is 5. The van der Waals surface area contributed by atoms with Crippen LogP contribution < -0.4 is 4.90 Å². The molecule has 0 spiro atoms. The molecule has 4 heterocycles. The molecule has 0 N–H and O–H groups in total. The van der Waals surface area contributed by atoms with E-state index in [4.69, 9.17) is 0 Å². The van der Waals surface area contributed by atoms with Crippen molar-refractivity contribution in [1.29, 1.82) is 0 Å². The summed E-state index contributed by atoms with van der Waals surface area (Å²) in [6.07, 6.45) is 6.08. The molecule has 27 heavy (non-hydrogen) atoms. The third kappa shape index (κ3) is 2.98. The molecule has 1 fully saturated rings. The van der Waals surface area contributed by atoms with Crippen LogP contribution in [0.5, 0.6) is 0 Å². The third-order valence-electron chi connectivity index (χ3n) is 4.92. The Morgan fingerprint density at radius 2 is 1.89 bits per heavy atom. The number of hydrogen-bond donors (Lipinski definition) is 0. The van der Waals surface area contributed by atoms with E-state index in [1.807, 2.05) is 43.7 Å². The molecule has 5 rings (SSSR count). The lowest BCUT2D eigenvalue weighted by Gasteiger charge is -2.16. The molecule has 0 radical (unpaired) electrons. The van der Waals surface area contributed by atoms with E-state index in [0.717, 1.165) is 47.3 Å². The minimum Gasteiger partial charge on any atom is -0.357 e. The molecule has 0 bridgehead atoms. The van der Waals surface area contributed by atoms with E-state index in [9.17, 15) is 4.39 Å². The summed E-state index contributed by atoms with van der Waals surface area (Å²) in [5, 5.41) is 4.87. The zero-order valence-electron chi connectivity index (χ0n) is 14.9. The van der Waals surface area contributed by atoms with Gasteiger partial charge in [0.2, 0.25) is 5.95 Å². The zero-order chi connectivity index (χ0) is 18.4. The number of aryl methyl sites for hydroxylation is 1. The molecule has 7 heteroatoms. The van der Waals surface area contributed by atoms with Crippen LogP contribution >= 0.6 is 11.3 Å². The summed E-state index contributed by atoms with van der Waals surface area (Å²) in [5.74, 6) is 0.264. The zero-order valence-corrected chi connectivity index (χ0v) is 15.7. The molecule has 1 saturated heterocycles. The number of halogens is 1. The van der Waals surface area contributed by atoms with Crippen molar-refractivity contribution in [2.24, 2.45) is 7.05 Å². The number of thiazole rings is 1. The minimum atomic E-state index is -0.453. The number of pyridine rings is 1. The molecule has 0 saturated carbocycles. The second-order valence-electron chi connectivity index (χ2n) is 6.81. The Bertz CT molecular complexity index is 1130. The summed E-state index contributed by atoms with van der Waals surface area (Å²) < 4.78 is 17.5. The molecule has 1 aliphatic rings. The van der Waals surface area contributed by atoms with E-state index in [1.165, 1.54) is 11.3 Å². The van der Waals surface area contributed by atoms with E-state index in [2.05, 4.69) is 20.0 Å². The molecular weight excluding hydrogens is 361 g/mol. The molecule has 0 unspecified atom stereocenters. The highest BCUT2D eigenvalue weighted by atomic mass is 32.1. The highest BCUT2D eigenvalue weighted by molar-refractivity contribution is 7.21. The minimum absolute atomic E-state index is 0.453. The van der Waals surface area contributed by atoms with Crippen LogP contribution in [0, 0.1) is 5.95 Å². The van der Waals surface area contributed by atoms with Crippen LogP contribution in [0.15, 0.2) is 42.7 Å². The summed E-state index contributed by atoms with van der Waals surface area (Å²) >= 11 is 1.49. The molecular formula is C20H18FN5S. The highest BCUT2D eigenvalue weighted by Crippen LogP contribution is 2.34. The summed E-state index contributed by atoms with van der Waals surface area (Å²) in [5.41, 5.74) is 3.41. The molecule has 1 aliphatic heterocycles. The van der Waals surface area contributed by atoms with Gasteiger partial charge in [-0.1, -0.05) is 6.07 Å². The summed E-state index contributed by atoms with van der Waals surface area (Å²) in [6.45, 7) is 1.90. The van der Waals surface area contributed by atoms with Gasteiger partial charge in [-0.05, 0) is 42.7 Å². The van der Waals surface area contributed by atoms with Crippen molar-refractivity contribution in [3.8, 4) is 21.7 Å². The maximum Gasteiger partial charge on any atom is 0.225 e. The number of benzene rings is 1. The maximum atomic E-state index is 14.7. The predicted molar refractivity (Wildman–Crippen MR) is 106 cm³/mol. The number of fused-ring (bicyclic) bond motifs is 1. The molecule has 0 atom stereocenters. The smallest absolute Gasteiger partial charge is 0.225 e. The first kappa shape index (κ1) is 16.4. The second-order valence-corrected chi connectivity index (χ2v) is 7.84. The summed E-state index contributed by atoms with van der Waals surface area (Å²) in [7, 11) is 1.89. The number of aromatic nitrogens is 4. The van der Waals surface area contributed by atoms with Gasteiger partial charge in [0, 0.05) is 31.9 Å².